The largest absolute Gasteiger partial charge is 0.391 e. The number of hydrogen-bond donors (Lipinski definition) is 1. The lowest BCUT2D eigenvalue weighted by molar-refractivity contribution is 0.0349. The Balaban J connectivity index is 1.45. The van der Waals surface area contributed by atoms with Gasteiger partial charge in [0.2, 0.25) is 0 Å². The van der Waals surface area contributed by atoms with Crippen molar-refractivity contribution in [2.45, 2.75) is 38.5 Å². The number of aliphatic hydroxyl groups is 1. The lowest BCUT2D eigenvalue weighted by Crippen LogP contribution is -2.36. The number of rotatable bonds is 3. The van der Waals surface area contributed by atoms with Crippen molar-refractivity contribution >= 4 is 11.3 Å². The SMILES string of the molecule is Cc1nccn1[C@H]1C[C@H]2CN(Cc3cccs3)C[C@H]2C[C@@H]1O. The van der Waals surface area contributed by atoms with E-state index in [1.165, 1.54) is 11.4 Å². The highest BCUT2D eigenvalue weighted by atomic mass is 32.1. The van der Waals surface area contributed by atoms with E-state index < -0.39 is 0 Å². The second-order valence-electron chi connectivity index (χ2n) is 6.78. The summed E-state index contributed by atoms with van der Waals surface area (Å²) in [6, 6.07) is 4.55. The zero-order valence-corrected chi connectivity index (χ0v) is 13.7. The number of likely N-dealkylation sites (tertiary alicyclic amines) is 1. The van der Waals surface area contributed by atoms with Gasteiger partial charge in [-0.25, -0.2) is 4.98 Å². The third-order valence-electron chi connectivity index (χ3n) is 5.36. The lowest BCUT2D eigenvalue weighted by atomic mass is 9.77. The molecule has 5 heteroatoms. The molecule has 0 amide bonds. The van der Waals surface area contributed by atoms with Gasteiger partial charge >= 0.3 is 0 Å². The topological polar surface area (TPSA) is 41.3 Å². The van der Waals surface area contributed by atoms with E-state index in [1.807, 2.05) is 30.7 Å². The molecule has 4 nitrogen and oxygen atoms in total. The Kier molecular flexibility index (Phi) is 3.80. The van der Waals surface area contributed by atoms with Crippen LogP contribution in [-0.2, 0) is 6.54 Å². The van der Waals surface area contributed by atoms with E-state index >= 15 is 0 Å². The summed E-state index contributed by atoms with van der Waals surface area (Å²) in [4.78, 5) is 8.33. The fourth-order valence-electron chi connectivity index (χ4n) is 4.29. The van der Waals surface area contributed by atoms with Crippen LogP contribution in [-0.4, -0.2) is 38.8 Å². The van der Waals surface area contributed by atoms with E-state index in [9.17, 15) is 5.11 Å². The van der Waals surface area contributed by atoms with Crippen molar-refractivity contribution in [2.75, 3.05) is 13.1 Å². The molecule has 3 heterocycles. The molecule has 4 rings (SSSR count). The highest BCUT2D eigenvalue weighted by molar-refractivity contribution is 7.09. The van der Waals surface area contributed by atoms with Gasteiger partial charge in [-0.05, 0) is 43.0 Å². The van der Waals surface area contributed by atoms with E-state index in [2.05, 4.69) is 32.0 Å². The normalized spacial score (nSPS) is 32.3. The molecule has 1 N–H and O–H groups in total. The number of aliphatic hydroxyl groups excluding tert-OH is 1. The lowest BCUT2D eigenvalue weighted by Gasteiger charge is -2.36. The van der Waals surface area contributed by atoms with Crippen LogP contribution < -0.4 is 0 Å². The van der Waals surface area contributed by atoms with Crippen molar-refractivity contribution in [1.29, 1.82) is 0 Å². The van der Waals surface area contributed by atoms with E-state index in [0.717, 1.165) is 31.8 Å². The average Bonchev–Trinajstić information content (AvgIpc) is 3.19. The van der Waals surface area contributed by atoms with Gasteiger partial charge in [0.25, 0.3) is 0 Å². The quantitative estimate of drug-likeness (QED) is 0.946. The molecule has 2 fully saturated rings. The number of imidazole rings is 1. The first-order valence-corrected chi connectivity index (χ1v) is 9.01. The molecule has 1 saturated carbocycles. The zero-order chi connectivity index (χ0) is 15.1. The molecule has 2 aromatic rings. The predicted octanol–water partition coefficient (Wildman–Crippen LogP) is 2.70. The van der Waals surface area contributed by atoms with Crippen LogP contribution in [0.3, 0.4) is 0 Å². The molecule has 0 unspecified atom stereocenters. The van der Waals surface area contributed by atoms with Crippen molar-refractivity contribution < 1.29 is 5.11 Å². The molecule has 1 aliphatic carbocycles. The number of nitrogens with zero attached hydrogens (tertiary/aromatic N) is 3. The molecular formula is C17H23N3OS. The van der Waals surface area contributed by atoms with Gasteiger partial charge in [0.15, 0.2) is 0 Å². The van der Waals surface area contributed by atoms with Gasteiger partial charge in [0.05, 0.1) is 12.1 Å². The van der Waals surface area contributed by atoms with Gasteiger partial charge < -0.3 is 9.67 Å². The summed E-state index contributed by atoms with van der Waals surface area (Å²) in [5, 5.41) is 12.7. The first-order valence-electron chi connectivity index (χ1n) is 8.13. The number of aromatic nitrogens is 2. The van der Waals surface area contributed by atoms with Crippen molar-refractivity contribution in [3.05, 3.63) is 40.6 Å². The molecule has 2 aliphatic rings. The smallest absolute Gasteiger partial charge is 0.105 e. The maximum absolute atomic E-state index is 10.6. The van der Waals surface area contributed by atoms with E-state index in [0.29, 0.717) is 11.8 Å². The Labute approximate surface area is 135 Å². The number of aryl methyl sites for hydroxylation is 1. The van der Waals surface area contributed by atoms with Crippen LogP contribution >= 0.6 is 11.3 Å². The van der Waals surface area contributed by atoms with Crippen LogP contribution in [0, 0.1) is 18.8 Å². The predicted molar refractivity (Wildman–Crippen MR) is 87.8 cm³/mol. The molecular weight excluding hydrogens is 294 g/mol. The summed E-state index contributed by atoms with van der Waals surface area (Å²) >= 11 is 1.84. The molecule has 1 aliphatic heterocycles. The highest BCUT2D eigenvalue weighted by Gasteiger charge is 2.42. The van der Waals surface area contributed by atoms with Gasteiger partial charge in [0, 0.05) is 36.9 Å². The van der Waals surface area contributed by atoms with Crippen LogP contribution in [0.25, 0.3) is 0 Å². The molecule has 0 bridgehead atoms. The zero-order valence-electron chi connectivity index (χ0n) is 12.9. The minimum atomic E-state index is -0.240. The first kappa shape index (κ1) is 14.4. The van der Waals surface area contributed by atoms with Crippen LogP contribution in [0.2, 0.25) is 0 Å². The third kappa shape index (κ3) is 2.62. The summed E-state index contributed by atoms with van der Waals surface area (Å²) in [6.07, 6.45) is 5.61. The molecule has 4 atom stereocenters. The van der Waals surface area contributed by atoms with Crippen LogP contribution in [0.5, 0.6) is 0 Å². The van der Waals surface area contributed by atoms with Crippen molar-refractivity contribution in [1.82, 2.24) is 14.5 Å². The molecule has 2 aromatic heterocycles. The summed E-state index contributed by atoms with van der Waals surface area (Å²) in [5.74, 6) is 2.36. The van der Waals surface area contributed by atoms with Crippen molar-refractivity contribution in [3.8, 4) is 0 Å². The molecule has 1 saturated heterocycles. The van der Waals surface area contributed by atoms with Gasteiger partial charge in [-0.2, -0.15) is 0 Å². The minimum Gasteiger partial charge on any atom is -0.391 e. The average molecular weight is 317 g/mol. The van der Waals surface area contributed by atoms with E-state index in [-0.39, 0.29) is 12.1 Å². The second-order valence-corrected chi connectivity index (χ2v) is 7.81. The van der Waals surface area contributed by atoms with Crippen molar-refractivity contribution in [3.63, 3.8) is 0 Å². The third-order valence-corrected chi connectivity index (χ3v) is 6.23. The summed E-state index contributed by atoms with van der Waals surface area (Å²) in [7, 11) is 0. The Morgan fingerprint density at radius 2 is 2.14 bits per heavy atom. The second kappa shape index (κ2) is 5.80. The van der Waals surface area contributed by atoms with Gasteiger partial charge in [0.1, 0.15) is 5.82 Å². The number of thiophene rings is 1. The maximum Gasteiger partial charge on any atom is 0.105 e. The van der Waals surface area contributed by atoms with Crippen LogP contribution in [0.1, 0.15) is 29.6 Å². The standard InChI is InChI=1S/C17H23N3OS/c1-12-18-4-5-20(12)16-7-13-9-19(10-14(13)8-17(16)21)11-15-3-2-6-22-15/h2-6,13-14,16-17,21H,7-11H2,1H3/t13-,14+,16-,17-/m0/s1. The Morgan fingerprint density at radius 3 is 2.82 bits per heavy atom. The highest BCUT2D eigenvalue weighted by Crippen LogP contribution is 2.42. The molecule has 118 valence electrons. The van der Waals surface area contributed by atoms with Gasteiger partial charge in [-0.15, -0.1) is 11.3 Å². The fraction of sp³-hybridized carbons (Fsp3) is 0.588. The Morgan fingerprint density at radius 1 is 1.32 bits per heavy atom. The molecule has 0 spiro atoms. The Hall–Kier alpha value is -1.17. The van der Waals surface area contributed by atoms with Gasteiger partial charge in [-0.1, -0.05) is 6.07 Å². The molecule has 0 aromatic carbocycles. The summed E-state index contributed by atoms with van der Waals surface area (Å²) in [5.41, 5.74) is 0. The summed E-state index contributed by atoms with van der Waals surface area (Å²) in [6.45, 7) is 5.39. The number of fused-ring (bicyclic) bond motifs is 1. The molecule has 0 radical (unpaired) electrons. The van der Waals surface area contributed by atoms with E-state index in [4.69, 9.17) is 0 Å². The fourth-order valence-corrected chi connectivity index (χ4v) is 5.04. The van der Waals surface area contributed by atoms with Crippen LogP contribution in [0.4, 0.5) is 0 Å². The first-order chi connectivity index (χ1) is 10.7. The molecule has 22 heavy (non-hydrogen) atoms. The monoisotopic (exact) mass is 317 g/mol. The summed E-state index contributed by atoms with van der Waals surface area (Å²) < 4.78 is 2.17. The van der Waals surface area contributed by atoms with Crippen molar-refractivity contribution in [2.24, 2.45) is 11.8 Å². The van der Waals surface area contributed by atoms with E-state index in [1.54, 1.807) is 0 Å². The Bertz CT molecular complexity index is 624. The number of hydrogen-bond acceptors (Lipinski definition) is 4. The minimum absolute atomic E-state index is 0.199. The maximum atomic E-state index is 10.6. The van der Waals surface area contributed by atoms with Gasteiger partial charge in [-0.3, -0.25) is 4.90 Å². The van der Waals surface area contributed by atoms with Crippen LogP contribution in [0.15, 0.2) is 29.9 Å².